The van der Waals surface area contributed by atoms with E-state index < -0.39 is 23.3 Å². The fraction of sp³-hybridized carbons (Fsp3) is 0.387. The number of nitrogens with zero attached hydrogens (tertiary/aromatic N) is 5. The second kappa shape index (κ2) is 10.3. The number of benzene rings is 2. The van der Waals surface area contributed by atoms with E-state index >= 15 is 4.39 Å². The molecule has 3 saturated heterocycles. The van der Waals surface area contributed by atoms with Gasteiger partial charge in [0.2, 0.25) is 0 Å². The molecule has 2 aromatic carbocycles. The lowest BCUT2D eigenvalue weighted by Gasteiger charge is -2.39. The van der Waals surface area contributed by atoms with Crippen LogP contribution in [0.4, 0.5) is 19.0 Å². The number of phenolic OH excluding ortho intramolecular Hbond substituents is 1. The van der Waals surface area contributed by atoms with Crippen LogP contribution in [0.1, 0.15) is 24.8 Å². The van der Waals surface area contributed by atoms with Crippen LogP contribution >= 0.6 is 15.9 Å². The van der Waals surface area contributed by atoms with Gasteiger partial charge in [0.25, 0.3) is 0 Å². The minimum Gasteiger partial charge on any atom is -0.508 e. The largest absolute Gasteiger partial charge is 0.508 e. The van der Waals surface area contributed by atoms with E-state index in [4.69, 9.17) is 11.2 Å². The average Bonchev–Trinajstić information content (AvgIpc) is 3.47. The Hall–Kier alpha value is -3.62. The summed E-state index contributed by atoms with van der Waals surface area (Å²) in [4.78, 5) is 17.7. The molecule has 3 aliphatic heterocycles. The molecule has 42 heavy (non-hydrogen) atoms. The van der Waals surface area contributed by atoms with Crippen molar-refractivity contribution in [2.24, 2.45) is 5.92 Å². The molecule has 216 valence electrons. The average molecular weight is 638 g/mol. The first kappa shape index (κ1) is 27.2. The molecule has 2 atom stereocenters. The number of fused-ring (bicyclic) bond motifs is 3. The summed E-state index contributed by atoms with van der Waals surface area (Å²) in [6, 6.07) is 5.43. The van der Waals surface area contributed by atoms with Crippen molar-refractivity contribution < 1.29 is 23.0 Å². The summed E-state index contributed by atoms with van der Waals surface area (Å²) >= 11 is 3.52. The van der Waals surface area contributed by atoms with Gasteiger partial charge in [0.1, 0.15) is 41.4 Å². The zero-order valence-corrected chi connectivity index (χ0v) is 24.2. The van der Waals surface area contributed by atoms with E-state index in [1.165, 1.54) is 30.5 Å². The Labute approximate surface area is 248 Å². The van der Waals surface area contributed by atoms with Crippen molar-refractivity contribution in [3.8, 4) is 35.4 Å². The Morgan fingerprint density at radius 1 is 1.19 bits per heavy atom. The SMILES string of the molecule is C#Cc1c(F)ccc2cc(O)cc(-c3ncc4c(N5CC(CBr)C5)nc(OCC56CCCN5CC(F)C6)nc4c3F)c12. The predicted molar refractivity (Wildman–Crippen MR) is 158 cm³/mol. The summed E-state index contributed by atoms with van der Waals surface area (Å²) in [5.74, 6) is 1.70. The molecular weight excluding hydrogens is 611 g/mol. The van der Waals surface area contributed by atoms with E-state index in [0.717, 1.165) is 24.7 Å². The summed E-state index contributed by atoms with van der Waals surface area (Å²) in [6.45, 7) is 2.82. The molecule has 2 unspecified atom stereocenters. The Bertz CT molecular complexity index is 1780. The molecule has 7 nitrogen and oxygen atoms in total. The molecule has 7 rings (SSSR count). The molecule has 0 bridgehead atoms. The standard InChI is InChI=1S/C31H27BrF3N5O2/c1-2-21-24(34)5-4-18-8-20(41)9-22(25(18)21)27-26(35)28-23(12-36-27)29(39-13-17(11-32)14-39)38-30(37-28)42-16-31-6-3-7-40(31)15-19(33)10-31/h1,4-5,8-9,12,17,19,41H,3,6-7,10-11,13-16H2. The molecule has 0 spiro atoms. The van der Waals surface area contributed by atoms with Crippen LogP contribution in [-0.2, 0) is 0 Å². The molecule has 0 saturated carbocycles. The Balaban J connectivity index is 1.36. The molecule has 3 aliphatic rings. The first-order chi connectivity index (χ1) is 20.3. The van der Waals surface area contributed by atoms with E-state index in [1.54, 1.807) is 0 Å². The molecule has 0 radical (unpaired) electrons. The Morgan fingerprint density at radius 2 is 2.02 bits per heavy atom. The maximum Gasteiger partial charge on any atom is 0.319 e. The van der Waals surface area contributed by atoms with E-state index in [-0.39, 0.29) is 46.1 Å². The van der Waals surface area contributed by atoms with Crippen LogP contribution in [0.5, 0.6) is 11.8 Å². The number of halogens is 4. The van der Waals surface area contributed by atoms with E-state index in [2.05, 4.69) is 41.7 Å². The van der Waals surface area contributed by atoms with Crippen LogP contribution in [0.2, 0.25) is 0 Å². The van der Waals surface area contributed by atoms with Gasteiger partial charge in [-0.3, -0.25) is 9.88 Å². The highest BCUT2D eigenvalue weighted by Gasteiger charge is 2.49. The van der Waals surface area contributed by atoms with Crippen LogP contribution in [0.25, 0.3) is 32.9 Å². The first-order valence-electron chi connectivity index (χ1n) is 13.9. The van der Waals surface area contributed by atoms with Gasteiger partial charge in [-0.25, -0.2) is 13.2 Å². The Morgan fingerprint density at radius 3 is 2.81 bits per heavy atom. The molecule has 0 aliphatic carbocycles. The topological polar surface area (TPSA) is 74.6 Å². The van der Waals surface area contributed by atoms with Gasteiger partial charge < -0.3 is 14.7 Å². The van der Waals surface area contributed by atoms with Crippen LogP contribution in [0, 0.1) is 29.9 Å². The lowest BCUT2D eigenvalue weighted by molar-refractivity contribution is 0.107. The quantitative estimate of drug-likeness (QED) is 0.218. The van der Waals surface area contributed by atoms with Crippen molar-refractivity contribution >= 4 is 43.4 Å². The highest BCUT2D eigenvalue weighted by atomic mass is 79.9. The number of terminal acetylenes is 1. The molecule has 3 fully saturated rings. The molecule has 2 aromatic heterocycles. The van der Waals surface area contributed by atoms with Crippen LogP contribution < -0.4 is 9.64 Å². The zero-order chi connectivity index (χ0) is 29.2. The van der Waals surface area contributed by atoms with Gasteiger partial charge in [0.05, 0.1) is 16.5 Å². The monoisotopic (exact) mass is 637 g/mol. The summed E-state index contributed by atoms with van der Waals surface area (Å²) in [5.41, 5.74) is -0.495. The van der Waals surface area contributed by atoms with E-state index in [9.17, 15) is 13.9 Å². The van der Waals surface area contributed by atoms with Crippen LogP contribution in [0.3, 0.4) is 0 Å². The molecule has 0 amide bonds. The maximum absolute atomic E-state index is 16.5. The van der Waals surface area contributed by atoms with Gasteiger partial charge >= 0.3 is 6.01 Å². The van der Waals surface area contributed by atoms with E-state index in [1.807, 2.05) is 4.90 Å². The molecule has 1 N–H and O–H groups in total. The number of aromatic hydroxyl groups is 1. The highest BCUT2D eigenvalue weighted by Crippen LogP contribution is 2.42. The zero-order valence-electron chi connectivity index (χ0n) is 22.6. The maximum atomic E-state index is 16.5. The minimum atomic E-state index is -0.912. The number of aromatic nitrogens is 3. The summed E-state index contributed by atoms with van der Waals surface area (Å²) in [5, 5.41) is 12.4. The number of ether oxygens (including phenoxy) is 1. The summed E-state index contributed by atoms with van der Waals surface area (Å²) in [6.07, 6.45) is 8.37. The first-order valence-corrected chi connectivity index (χ1v) is 15.0. The lowest BCUT2D eigenvalue weighted by Crippen LogP contribution is -2.48. The molecule has 5 heterocycles. The summed E-state index contributed by atoms with van der Waals surface area (Å²) < 4.78 is 51.7. The highest BCUT2D eigenvalue weighted by molar-refractivity contribution is 9.09. The van der Waals surface area contributed by atoms with Crippen molar-refractivity contribution in [1.29, 1.82) is 0 Å². The second-order valence-electron chi connectivity index (χ2n) is 11.5. The van der Waals surface area contributed by atoms with Gasteiger partial charge in [-0.1, -0.05) is 27.9 Å². The number of pyridine rings is 1. The third kappa shape index (κ3) is 4.34. The van der Waals surface area contributed by atoms with Crippen molar-refractivity contribution in [3.63, 3.8) is 0 Å². The number of rotatable bonds is 6. The van der Waals surface area contributed by atoms with E-state index in [0.29, 0.717) is 48.6 Å². The number of hydrogen-bond acceptors (Lipinski definition) is 7. The summed E-state index contributed by atoms with van der Waals surface area (Å²) in [7, 11) is 0. The van der Waals surface area contributed by atoms with Gasteiger partial charge in [-0.05, 0) is 43.0 Å². The second-order valence-corrected chi connectivity index (χ2v) is 12.1. The van der Waals surface area contributed by atoms with Gasteiger partial charge in [-0.2, -0.15) is 9.97 Å². The van der Waals surface area contributed by atoms with Crippen LogP contribution in [0.15, 0.2) is 30.5 Å². The number of anilines is 1. The van der Waals surface area contributed by atoms with Gasteiger partial charge in [0, 0.05) is 54.4 Å². The predicted octanol–water partition coefficient (Wildman–Crippen LogP) is 5.60. The Kier molecular flexibility index (Phi) is 6.66. The molecule has 4 aromatic rings. The smallest absolute Gasteiger partial charge is 0.319 e. The number of hydrogen-bond donors (Lipinski definition) is 1. The third-order valence-corrected chi connectivity index (χ3v) is 9.72. The minimum absolute atomic E-state index is 0.00417. The van der Waals surface area contributed by atoms with Crippen molar-refractivity contribution in [1.82, 2.24) is 19.9 Å². The van der Waals surface area contributed by atoms with Gasteiger partial charge in [0.15, 0.2) is 5.82 Å². The van der Waals surface area contributed by atoms with Crippen molar-refractivity contribution in [3.05, 3.63) is 47.7 Å². The fourth-order valence-electron chi connectivity index (χ4n) is 6.76. The fourth-order valence-corrected chi connectivity index (χ4v) is 7.17. The lowest BCUT2D eigenvalue weighted by atomic mass is 9.95. The van der Waals surface area contributed by atoms with Gasteiger partial charge in [-0.15, -0.1) is 6.42 Å². The molecule has 11 heteroatoms. The normalized spacial score (nSPS) is 22.5. The molecular formula is C31H27BrF3N5O2. The van der Waals surface area contributed by atoms with Crippen LogP contribution in [-0.4, -0.2) is 74.8 Å². The third-order valence-electron chi connectivity index (χ3n) is 8.80. The number of phenols is 1. The van der Waals surface area contributed by atoms with Crippen molar-refractivity contribution in [2.75, 3.05) is 43.0 Å². The van der Waals surface area contributed by atoms with Crippen molar-refractivity contribution in [2.45, 2.75) is 31.0 Å². The number of alkyl halides is 2.